The molecule has 0 saturated heterocycles. The van der Waals surface area contributed by atoms with Crippen molar-refractivity contribution >= 4 is 23.2 Å². The van der Waals surface area contributed by atoms with E-state index in [0.717, 1.165) is 0 Å². The molecule has 50 valence electrons. The quantitative estimate of drug-likeness (QED) is 0.553. The monoisotopic (exact) mass is 166 g/mol. The Morgan fingerprint density at radius 1 is 1.00 bits per heavy atom. The highest BCUT2D eigenvalue weighted by Gasteiger charge is 2.25. The maximum absolute atomic E-state index is 11.6. The fraction of sp³-hybridized carbons (Fsp3) is 1.00. The summed E-state index contributed by atoms with van der Waals surface area (Å²) in [6.45, 7) is 0. The molecule has 0 aliphatic carbocycles. The summed E-state index contributed by atoms with van der Waals surface area (Å²) in [4.78, 5) is -1.63. The summed E-state index contributed by atoms with van der Waals surface area (Å²) in [5.41, 5.74) is 0. The average molecular weight is 167 g/mol. The van der Waals surface area contributed by atoms with Gasteiger partial charge in [-0.1, -0.05) is 0 Å². The van der Waals surface area contributed by atoms with Crippen LogP contribution in [0.25, 0.3) is 0 Å². The Morgan fingerprint density at radius 2 is 1.38 bits per heavy atom. The molecule has 0 heterocycles. The van der Waals surface area contributed by atoms with E-state index in [1.807, 2.05) is 0 Å². The van der Waals surface area contributed by atoms with Gasteiger partial charge in [-0.05, 0) is 0 Å². The minimum absolute atomic E-state index is 1.63. The zero-order valence-electron chi connectivity index (χ0n) is 3.62. The SMILES string of the molecule is FC(F)C(F)C(Cl)Cl. The fourth-order valence-corrected chi connectivity index (χ4v) is 0.330. The van der Waals surface area contributed by atoms with Gasteiger partial charge in [-0.15, -0.1) is 23.2 Å². The lowest BCUT2D eigenvalue weighted by Crippen LogP contribution is -2.19. The van der Waals surface area contributed by atoms with Crippen molar-refractivity contribution in [3.05, 3.63) is 0 Å². The van der Waals surface area contributed by atoms with Crippen LogP contribution < -0.4 is 0 Å². The van der Waals surface area contributed by atoms with Gasteiger partial charge in [0.25, 0.3) is 6.43 Å². The van der Waals surface area contributed by atoms with Crippen molar-refractivity contribution in [2.45, 2.75) is 17.4 Å². The average Bonchev–Trinajstić information content (AvgIpc) is 1.64. The third kappa shape index (κ3) is 2.62. The van der Waals surface area contributed by atoms with Crippen LogP contribution in [0, 0.1) is 0 Å². The second-order valence-corrected chi connectivity index (χ2v) is 2.28. The van der Waals surface area contributed by atoms with E-state index in [9.17, 15) is 13.2 Å². The number of alkyl halides is 5. The largest absolute Gasteiger partial charge is 0.272 e. The van der Waals surface area contributed by atoms with E-state index in [2.05, 4.69) is 0 Å². The van der Waals surface area contributed by atoms with E-state index in [0.29, 0.717) is 0 Å². The first-order valence-corrected chi connectivity index (χ1v) is 2.63. The molecule has 0 aromatic carbocycles. The van der Waals surface area contributed by atoms with Crippen molar-refractivity contribution in [3.8, 4) is 0 Å². The van der Waals surface area contributed by atoms with E-state index in [4.69, 9.17) is 23.2 Å². The van der Waals surface area contributed by atoms with Crippen LogP contribution in [0.4, 0.5) is 13.2 Å². The lowest BCUT2D eigenvalue weighted by molar-refractivity contribution is 0.0573. The molecule has 0 amide bonds. The summed E-state index contributed by atoms with van der Waals surface area (Å²) < 4.78 is 33.9. The van der Waals surface area contributed by atoms with E-state index in [1.165, 1.54) is 0 Å². The van der Waals surface area contributed by atoms with Gasteiger partial charge in [0.2, 0.25) is 0 Å². The van der Waals surface area contributed by atoms with E-state index in [1.54, 1.807) is 0 Å². The van der Waals surface area contributed by atoms with Gasteiger partial charge >= 0.3 is 0 Å². The zero-order chi connectivity index (χ0) is 6.73. The highest BCUT2D eigenvalue weighted by atomic mass is 35.5. The van der Waals surface area contributed by atoms with Gasteiger partial charge < -0.3 is 0 Å². The van der Waals surface area contributed by atoms with E-state index >= 15 is 0 Å². The Labute approximate surface area is 54.6 Å². The smallest absolute Gasteiger partial charge is 0.238 e. The topological polar surface area (TPSA) is 0 Å². The van der Waals surface area contributed by atoms with Gasteiger partial charge in [0, 0.05) is 0 Å². The number of hydrogen-bond acceptors (Lipinski definition) is 0. The third-order valence-corrected chi connectivity index (χ3v) is 0.963. The van der Waals surface area contributed by atoms with Crippen LogP contribution in [-0.2, 0) is 0 Å². The molecule has 0 aliphatic rings. The summed E-state index contributed by atoms with van der Waals surface area (Å²) in [6.07, 6.45) is -5.52. The van der Waals surface area contributed by atoms with Crippen molar-refractivity contribution in [1.82, 2.24) is 0 Å². The fourth-order valence-electron chi connectivity index (χ4n) is 0.110. The molecule has 0 N–H and O–H groups in total. The van der Waals surface area contributed by atoms with E-state index in [-0.39, 0.29) is 0 Å². The molecule has 1 atom stereocenters. The van der Waals surface area contributed by atoms with Crippen molar-refractivity contribution in [1.29, 1.82) is 0 Å². The van der Waals surface area contributed by atoms with Crippen LogP contribution in [-0.4, -0.2) is 17.4 Å². The van der Waals surface area contributed by atoms with Gasteiger partial charge in [-0.3, -0.25) is 0 Å². The molecule has 0 aliphatic heterocycles. The van der Waals surface area contributed by atoms with Crippen LogP contribution in [0.15, 0.2) is 0 Å². The number of halogens is 5. The Bertz CT molecular complexity index is 57.5. The van der Waals surface area contributed by atoms with Crippen LogP contribution >= 0.6 is 23.2 Å². The maximum Gasteiger partial charge on any atom is 0.272 e. The van der Waals surface area contributed by atoms with E-state index < -0.39 is 17.4 Å². The number of rotatable bonds is 2. The highest BCUT2D eigenvalue weighted by molar-refractivity contribution is 6.44. The first kappa shape index (κ1) is 8.37. The lowest BCUT2D eigenvalue weighted by atomic mass is 10.5. The van der Waals surface area contributed by atoms with Crippen LogP contribution in [0.5, 0.6) is 0 Å². The second-order valence-electron chi connectivity index (χ2n) is 1.11. The molecule has 0 aromatic rings. The van der Waals surface area contributed by atoms with Gasteiger partial charge in [0.05, 0.1) is 0 Å². The molecule has 0 radical (unpaired) electrons. The molecule has 0 aromatic heterocycles. The summed E-state index contributed by atoms with van der Waals surface area (Å²) in [7, 11) is 0. The Hall–Kier alpha value is 0.370. The van der Waals surface area contributed by atoms with Crippen molar-refractivity contribution in [2.24, 2.45) is 0 Å². The molecule has 0 saturated carbocycles. The molecule has 0 fully saturated rings. The van der Waals surface area contributed by atoms with Gasteiger partial charge in [0.1, 0.15) is 4.84 Å². The van der Waals surface area contributed by atoms with Crippen molar-refractivity contribution < 1.29 is 13.2 Å². The van der Waals surface area contributed by atoms with Crippen LogP contribution in [0.2, 0.25) is 0 Å². The molecule has 0 rings (SSSR count). The first-order valence-electron chi connectivity index (χ1n) is 1.76. The molecular weight excluding hydrogens is 164 g/mol. The second kappa shape index (κ2) is 3.41. The predicted octanol–water partition coefficient (Wildman–Crippen LogP) is 2.39. The molecule has 0 bridgehead atoms. The molecule has 8 heavy (non-hydrogen) atoms. The van der Waals surface area contributed by atoms with Gasteiger partial charge in [0.15, 0.2) is 6.17 Å². The van der Waals surface area contributed by atoms with Crippen LogP contribution in [0.1, 0.15) is 0 Å². The molecule has 1 unspecified atom stereocenters. The predicted molar refractivity (Wildman–Crippen MR) is 26.4 cm³/mol. The Balaban J connectivity index is 3.46. The Morgan fingerprint density at radius 3 is 1.38 bits per heavy atom. The summed E-state index contributed by atoms with van der Waals surface area (Å²) in [5.74, 6) is 0. The zero-order valence-corrected chi connectivity index (χ0v) is 5.13. The molecule has 0 nitrogen and oxygen atoms in total. The maximum atomic E-state index is 11.6. The first-order chi connectivity index (χ1) is 3.55. The van der Waals surface area contributed by atoms with Gasteiger partial charge in [-0.25, -0.2) is 13.2 Å². The minimum atomic E-state index is -3.09. The normalized spacial score (nSPS) is 15.4. The molecular formula is C3H3Cl2F3. The highest BCUT2D eigenvalue weighted by Crippen LogP contribution is 2.17. The van der Waals surface area contributed by atoms with Crippen molar-refractivity contribution in [2.75, 3.05) is 0 Å². The molecule has 0 spiro atoms. The van der Waals surface area contributed by atoms with Crippen LogP contribution in [0.3, 0.4) is 0 Å². The summed E-state index contributed by atoms with van der Waals surface area (Å²) in [6, 6.07) is 0. The standard InChI is InChI=1S/C3H3Cl2F3/c4-2(5)1(6)3(7)8/h1-3H. The summed E-state index contributed by atoms with van der Waals surface area (Å²) in [5, 5.41) is 0. The van der Waals surface area contributed by atoms with Crippen molar-refractivity contribution in [3.63, 3.8) is 0 Å². The summed E-state index contributed by atoms with van der Waals surface area (Å²) >= 11 is 9.47. The van der Waals surface area contributed by atoms with Gasteiger partial charge in [-0.2, -0.15) is 0 Å². The minimum Gasteiger partial charge on any atom is -0.238 e. The number of hydrogen-bond donors (Lipinski definition) is 0. The Kier molecular flexibility index (Phi) is 3.56. The third-order valence-electron chi connectivity index (χ3n) is 0.481. The lowest BCUT2D eigenvalue weighted by Gasteiger charge is -2.04. The molecule has 5 heteroatoms.